The van der Waals surface area contributed by atoms with Gasteiger partial charge in [0.2, 0.25) is 0 Å². The van der Waals surface area contributed by atoms with Gasteiger partial charge in [-0.05, 0) is 37.6 Å². The highest BCUT2D eigenvalue weighted by Crippen LogP contribution is 2.48. The third kappa shape index (κ3) is 20.3. The minimum atomic E-state index is -3.11. The summed E-state index contributed by atoms with van der Waals surface area (Å²) in [6, 6.07) is 0. The molecule has 0 spiro atoms. The van der Waals surface area contributed by atoms with Gasteiger partial charge in [0.15, 0.2) is 0 Å². The summed E-state index contributed by atoms with van der Waals surface area (Å²) in [7, 11) is -3.11. The fourth-order valence-electron chi connectivity index (χ4n) is 4.32. The summed E-state index contributed by atoms with van der Waals surface area (Å²) in [6.07, 6.45) is 22.9. The van der Waals surface area contributed by atoms with Gasteiger partial charge in [-0.2, -0.15) is 0 Å². The van der Waals surface area contributed by atoms with Gasteiger partial charge in [0.05, 0.1) is 19.5 Å². The molecule has 2 unspecified atom stereocenters. The van der Waals surface area contributed by atoms with Gasteiger partial charge in [-0.15, -0.1) is 0 Å². The molecule has 0 bridgehead atoms. The van der Waals surface area contributed by atoms with Gasteiger partial charge in [0.1, 0.15) is 0 Å². The van der Waals surface area contributed by atoms with Crippen LogP contribution in [0.3, 0.4) is 0 Å². The first-order valence-electron chi connectivity index (χ1n) is 15.1. The van der Waals surface area contributed by atoms with Gasteiger partial charge < -0.3 is 14.4 Å². The third-order valence-electron chi connectivity index (χ3n) is 7.11. The number of unbranched alkanes of at least 4 members (excludes halogenated alkanes) is 11. The Balaban J connectivity index is 4.35. The van der Waals surface area contributed by atoms with Crippen LogP contribution >= 0.6 is 7.60 Å². The second-order valence-corrected chi connectivity index (χ2v) is 12.4. The molecule has 1 N–H and O–H groups in total. The van der Waals surface area contributed by atoms with Gasteiger partial charge in [0, 0.05) is 0 Å². The molecule has 0 rings (SSSR count). The lowest BCUT2D eigenvalue weighted by Gasteiger charge is -2.24. The second kappa shape index (κ2) is 24.8. The molecule has 34 heavy (non-hydrogen) atoms. The van der Waals surface area contributed by atoms with E-state index in [1.807, 2.05) is 0 Å². The molecule has 0 saturated heterocycles. The molecule has 0 heterocycles. The van der Waals surface area contributed by atoms with Gasteiger partial charge in [0.25, 0.3) is 0 Å². The number of rotatable bonds is 27. The molecule has 0 radical (unpaired) electrons. The molecule has 206 valence electrons. The number of hydrogen-bond acceptors (Lipinski definition) is 4. The van der Waals surface area contributed by atoms with Crippen LogP contribution in [-0.2, 0) is 13.6 Å². The monoisotopic (exact) mass is 503 g/mol. The summed E-state index contributed by atoms with van der Waals surface area (Å²) in [6.45, 7) is 13.1. The van der Waals surface area contributed by atoms with Crippen LogP contribution in [0.25, 0.3) is 0 Å². The van der Waals surface area contributed by atoms with Crippen molar-refractivity contribution < 1.29 is 13.6 Å². The molecule has 4 nitrogen and oxygen atoms in total. The Labute approximate surface area is 214 Å². The van der Waals surface area contributed by atoms with E-state index in [-0.39, 0.29) is 0 Å². The molecule has 0 amide bonds. The highest BCUT2D eigenvalue weighted by Gasteiger charge is 2.27. The zero-order valence-corrected chi connectivity index (χ0v) is 24.8. The van der Waals surface area contributed by atoms with Crippen molar-refractivity contribution in [2.75, 3.05) is 26.0 Å². The van der Waals surface area contributed by atoms with Crippen LogP contribution in [0.1, 0.15) is 150 Å². The second-order valence-electron chi connectivity index (χ2n) is 10.4. The highest BCUT2D eigenvalue weighted by atomic mass is 31.2. The summed E-state index contributed by atoms with van der Waals surface area (Å²) in [5.41, 5.74) is 0. The van der Waals surface area contributed by atoms with Crippen LogP contribution in [0.5, 0.6) is 0 Å². The molecule has 0 aliphatic heterocycles. The predicted octanol–water partition coefficient (Wildman–Crippen LogP) is 10.1. The van der Waals surface area contributed by atoms with Crippen molar-refractivity contribution in [3.05, 3.63) is 0 Å². The first-order valence-corrected chi connectivity index (χ1v) is 16.9. The molecule has 0 saturated carbocycles. The van der Waals surface area contributed by atoms with Crippen LogP contribution in [0, 0.1) is 11.8 Å². The van der Waals surface area contributed by atoms with E-state index >= 15 is 0 Å². The molecular weight excluding hydrogens is 441 g/mol. The van der Waals surface area contributed by atoms with Crippen molar-refractivity contribution >= 4 is 7.60 Å². The van der Waals surface area contributed by atoms with E-state index in [0.717, 1.165) is 38.6 Å². The van der Waals surface area contributed by atoms with Crippen LogP contribution < -0.4 is 5.32 Å². The first kappa shape index (κ1) is 34.1. The molecular formula is C29H62NO3P. The Morgan fingerprint density at radius 3 is 1.41 bits per heavy atom. The molecule has 0 aromatic carbocycles. The van der Waals surface area contributed by atoms with Crippen molar-refractivity contribution in [3.63, 3.8) is 0 Å². The molecule has 0 aromatic rings. The Morgan fingerprint density at radius 2 is 1.00 bits per heavy atom. The van der Waals surface area contributed by atoms with Crippen LogP contribution in [0.2, 0.25) is 0 Å². The maximum Gasteiger partial charge on any atom is 0.344 e. The zero-order chi connectivity index (χ0) is 25.3. The molecule has 0 aliphatic carbocycles. The Kier molecular flexibility index (Phi) is 24.9. The largest absolute Gasteiger partial charge is 0.344 e. The molecule has 0 aliphatic rings. The Bertz CT molecular complexity index is 437. The highest BCUT2D eigenvalue weighted by molar-refractivity contribution is 7.53. The van der Waals surface area contributed by atoms with E-state index in [4.69, 9.17) is 9.05 Å². The minimum Gasteiger partial charge on any atom is -0.307 e. The molecule has 0 fully saturated rings. The summed E-state index contributed by atoms with van der Waals surface area (Å²) in [4.78, 5) is 0. The summed E-state index contributed by atoms with van der Waals surface area (Å²) in [5, 5.41) is 3.41. The van der Waals surface area contributed by atoms with Gasteiger partial charge in [-0.3, -0.25) is 4.57 Å². The summed E-state index contributed by atoms with van der Waals surface area (Å²) < 4.78 is 25.7. The van der Waals surface area contributed by atoms with Crippen molar-refractivity contribution in [1.29, 1.82) is 0 Å². The van der Waals surface area contributed by atoms with E-state index in [1.165, 1.54) is 83.5 Å². The average molecular weight is 504 g/mol. The van der Waals surface area contributed by atoms with Crippen molar-refractivity contribution in [2.45, 2.75) is 150 Å². The normalized spacial score (nSPS) is 15.3. The molecule has 0 aromatic heterocycles. The SMILES string of the molecule is CCCCCCCCCCCCNCP(=O)(OCC(CC)CCCC)OCC(CC)CCCC. The first-order chi connectivity index (χ1) is 16.5. The van der Waals surface area contributed by atoms with E-state index in [1.54, 1.807) is 0 Å². The zero-order valence-electron chi connectivity index (χ0n) is 23.9. The van der Waals surface area contributed by atoms with Crippen LogP contribution in [-0.4, -0.2) is 26.0 Å². The third-order valence-corrected chi connectivity index (χ3v) is 8.81. The maximum absolute atomic E-state index is 13.6. The standard InChI is InChI=1S/C29H62NO3P/c1-6-11-14-15-16-17-18-19-20-21-24-30-27-34(31,32-25-28(9-4)22-12-7-2)33-26-29(10-5)23-13-8-3/h28-30H,6-27H2,1-5H3. The van der Waals surface area contributed by atoms with Gasteiger partial charge in [-0.1, -0.05) is 131 Å². The van der Waals surface area contributed by atoms with E-state index in [9.17, 15) is 4.57 Å². The average Bonchev–Trinajstić information content (AvgIpc) is 2.85. The summed E-state index contributed by atoms with van der Waals surface area (Å²) in [5.74, 6) is 0.946. The predicted molar refractivity (Wildman–Crippen MR) is 151 cm³/mol. The fraction of sp³-hybridized carbons (Fsp3) is 1.00. The summed E-state index contributed by atoms with van der Waals surface area (Å²) >= 11 is 0. The van der Waals surface area contributed by atoms with Gasteiger partial charge >= 0.3 is 7.60 Å². The van der Waals surface area contributed by atoms with E-state index in [0.29, 0.717) is 31.3 Å². The smallest absolute Gasteiger partial charge is 0.307 e. The van der Waals surface area contributed by atoms with Crippen LogP contribution in [0.15, 0.2) is 0 Å². The van der Waals surface area contributed by atoms with Crippen LogP contribution in [0.4, 0.5) is 0 Å². The topological polar surface area (TPSA) is 47.6 Å². The maximum atomic E-state index is 13.6. The van der Waals surface area contributed by atoms with E-state index in [2.05, 4.69) is 39.9 Å². The lowest BCUT2D eigenvalue weighted by Crippen LogP contribution is -2.21. The van der Waals surface area contributed by atoms with E-state index < -0.39 is 7.60 Å². The van der Waals surface area contributed by atoms with Crippen molar-refractivity contribution in [2.24, 2.45) is 11.8 Å². The lowest BCUT2D eigenvalue weighted by atomic mass is 10.0. The molecule has 5 heteroatoms. The Morgan fingerprint density at radius 1 is 0.588 bits per heavy atom. The number of nitrogens with one attached hydrogen (secondary N) is 1. The fourth-order valence-corrected chi connectivity index (χ4v) is 5.88. The minimum absolute atomic E-state index is 0.346. The quantitative estimate of drug-likeness (QED) is 0.0894. The van der Waals surface area contributed by atoms with Gasteiger partial charge in [-0.25, -0.2) is 0 Å². The Hall–Kier alpha value is 0.110. The molecule has 2 atom stereocenters. The number of hydrogen-bond donors (Lipinski definition) is 1. The van der Waals surface area contributed by atoms with Crippen molar-refractivity contribution in [1.82, 2.24) is 5.32 Å². The van der Waals surface area contributed by atoms with Crippen molar-refractivity contribution in [3.8, 4) is 0 Å². The lowest BCUT2D eigenvalue weighted by molar-refractivity contribution is 0.150.